The third kappa shape index (κ3) is 4.48. The monoisotopic (exact) mass is 519 g/mol. The van der Waals surface area contributed by atoms with E-state index >= 15 is 0 Å². The van der Waals surface area contributed by atoms with E-state index in [1.807, 2.05) is 30.4 Å². The molecule has 0 saturated carbocycles. The number of pyridine rings is 2. The molecule has 36 heavy (non-hydrogen) atoms. The first-order valence-corrected chi connectivity index (χ1v) is 12.5. The number of nitrogens with two attached hydrogens (primary N) is 1. The number of anilines is 2. The Labute approximate surface area is 206 Å². The third-order valence-electron chi connectivity index (χ3n) is 6.67. The van der Waals surface area contributed by atoms with Crippen LogP contribution in [0.3, 0.4) is 0 Å². The number of carbonyl (C=O) groups excluding carboxylic acids is 1. The van der Waals surface area contributed by atoms with Crippen molar-refractivity contribution in [2.45, 2.75) is 37.6 Å². The van der Waals surface area contributed by atoms with Gasteiger partial charge in [0, 0.05) is 29.9 Å². The van der Waals surface area contributed by atoms with Gasteiger partial charge in [0.1, 0.15) is 22.3 Å². The quantitative estimate of drug-likeness (QED) is 0.491. The maximum absolute atomic E-state index is 14.5. The summed E-state index contributed by atoms with van der Waals surface area (Å²) in [6.45, 7) is 6.37. The summed E-state index contributed by atoms with van der Waals surface area (Å²) in [4.78, 5) is 22.8. The van der Waals surface area contributed by atoms with Gasteiger partial charge in [-0.1, -0.05) is 6.92 Å². The van der Waals surface area contributed by atoms with Crippen LogP contribution in [0.15, 0.2) is 47.5 Å². The van der Waals surface area contributed by atoms with Gasteiger partial charge in [-0.2, -0.15) is 0 Å². The van der Waals surface area contributed by atoms with Gasteiger partial charge >= 0.3 is 0 Å². The van der Waals surface area contributed by atoms with E-state index in [1.54, 1.807) is 0 Å². The van der Waals surface area contributed by atoms with Crippen LogP contribution in [0.4, 0.5) is 24.8 Å². The lowest BCUT2D eigenvalue weighted by Crippen LogP contribution is -2.43. The number of amides is 1. The van der Waals surface area contributed by atoms with Crippen LogP contribution in [0.5, 0.6) is 0 Å². The van der Waals surface area contributed by atoms with Crippen molar-refractivity contribution in [3.05, 3.63) is 65.6 Å². The molecule has 1 aliphatic rings. The Kier molecular flexibility index (Phi) is 6.41. The van der Waals surface area contributed by atoms with E-state index < -0.39 is 38.9 Å². The fraction of sp³-hybridized carbons (Fsp3) is 0.292. The van der Waals surface area contributed by atoms with Gasteiger partial charge in [0.25, 0.3) is 15.9 Å². The molecule has 1 fully saturated rings. The van der Waals surface area contributed by atoms with Crippen LogP contribution >= 0.6 is 0 Å². The summed E-state index contributed by atoms with van der Waals surface area (Å²) in [6.07, 6.45) is 2.06. The molecule has 0 radical (unpaired) electrons. The number of hydrogen-bond donors (Lipinski definition) is 2. The second kappa shape index (κ2) is 9.08. The maximum Gasteiger partial charge on any atom is 0.268 e. The Bertz CT molecular complexity index is 1460. The summed E-state index contributed by atoms with van der Waals surface area (Å²) < 4.78 is 69.5. The first-order chi connectivity index (χ1) is 16.8. The zero-order valence-corrected chi connectivity index (χ0v) is 20.5. The molecule has 1 atom stereocenters. The number of carbonyl (C=O) groups is 1. The SMILES string of the molecule is CC1CCN(c2nc(-c3cc(F)c(F)cc3F)ccc2C(=O)NS(=O)(=O)c2cccnc2N)C1(C)C. The molecular weight excluding hydrogens is 495 g/mol. The van der Waals surface area contributed by atoms with Crippen molar-refractivity contribution in [3.63, 3.8) is 0 Å². The van der Waals surface area contributed by atoms with Gasteiger partial charge in [-0.3, -0.25) is 4.79 Å². The zero-order valence-electron chi connectivity index (χ0n) is 19.7. The van der Waals surface area contributed by atoms with Crippen LogP contribution in [0.1, 0.15) is 37.6 Å². The topological polar surface area (TPSA) is 118 Å². The van der Waals surface area contributed by atoms with E-state index in [0.717, 1.165) is 6.42 Å². The molecule has 1 aliphatic heterocycles. The van der Waals surface area contributed by atoms with Crippen LogP contribution in [0.2, 0.25) is 0 Å². The molecule has 12 heteroatoms. The smallest absolute Gasteiger partial charge is 0.268 e. The largest absolute Gasteiger partial charge is 0.383 e. The predicted molar refractivity (Wildman–Crippen MR) is 128 cm³/mol. The van der Waals surface area contributed by atoms with Crippen molar-refractivity contribution < 1.29 is 26.4 Å². The standard InChI is InChI=1S/C24H24F3N5O3S/c1-13-8-10-32(24(13,2)3)22-14(23(33)31-36(34,35)20-5-4-9-29-21(20)28)6-7-19(30-22)15-11-17(26)18(27)12-16(15)25/h4-7,9,11-13H,8,10H2,1-3H3,(H2,28,29)(H,31,33). The first kappa shape index (κ1) is 25.4. The number of rotatable bonds is 5. The second-order valence-electron chi connectivity index (χ2n) is 9.13. The minimum absolute atomic E-state index is 0.0485. The molecule has 4 rings (SSSR count). The number of nitrogen functional groups attached to an aromatic ring is 1. The molecule has 3 aromatic rings. The average Bonchev–Trinajstić information content (AvgIpc) is 3.07. The molecular formula is C24H24F3N5O3S. The van der Waals surface area contributed by atoms with E-state index in [4.69, 9.17) is 5.73 Å². The Balaban J connectivity index is 1.82. The lowest BCUT2D eigenvalue weighted by Gasteiger charge is -2.36. The summed E-state index contributed by atoms with van der Waals surface area (Å²) in [5.74, 6) is -4.65. The molecule has 0 spiro atoms. The van der Waals surface area contributed by atoms with Gasteiger partial charge in [0.2, 0.25) is 0 Å². The lowest BCUT2D eigenvalue weighted by molar-refractivity contribution is 0.0981. The van der Waals surface area contributed by atoms with E-state index in [1.165, 1.54) is 30.5 Å². The van der Waals surface area contributed by atoms with E-state index in [-0.39, 0.29) is 39.3 Å². The fourth-order valence-electron chi connectivity index (χ4n) is 4.17. The minimum Gasteiger partial charge on any atom is -0.383 e. The summed E-state index contributed by atoms with van der Waals surface area (Å²) in [5, 5.41) is 0. The van der Waals surface area contributed by atoms with E-state index in [2.05, 4.69) is 9.97 Å². The summed E-state index contributed by atoms with van der Waals surface area (Å²) >= 11 is 0. The molecule has 8 nitrogen and oxygen atoms in total. The highest BCUT2D eigenvalue weighted by Gasteiger charge is 2.41. The summed E-state index contributed by atoms with van der Waals surface area (Å²) in [7, 11) is -4.38. The summed E-state index contributed by atoms with van der Waals surface area (Å²) in [5.41, 5.74) is 4.71. The first-order valence-electron chi connectivity index (χ1n) is 11.0. The number of nitrogens with one attached hydrogen (secondary N) is 1. The van der Waals surface area contributed by atoms with Crippen LogP contribution < -0.4 is 15.4 Å². The Morgan fingerprint density at radius 2 is 1.83 bits per heavy atom. The predicted octanol–water partition coefficient (Wildman–Crippen LogP) is 3.89. The van der Waals surface area contributed by atoms with Crippen LogP contribution in [0.25, 0.3) is 11.3 Å². The van der Waals surface area contributed by atoms with Gasteiger partial charge < -0.3 is 10.6 Å². The van der Waals surface area contributed by atoms with Crippen molar-refractivity contribution in [2.24, 2.45) is 5.92 Å². The molecule has 1 amide bonds. The van der Waals surface area contributed by atoms with Gasteiger partial charge in [0.15, 0.2) is 11.6 Å². The third-order valence-corrected chi connectivity index (χ3v) is 8.04. The molecule has 190 valence electrons. The Hall–Kier alpha value is -3.67. The molecule has 3 heterocycles. The second-order valence-corrected chi connectivity index (χ2v) is 10.8. The number of benzene rings is 1. The minimum atomic E-state index is -4.38. The molecule has 3 N–H and O–H groups in total. The Morgan fingerprint density at radius 1 is 1.14 bits per heavy atom. The van der Waals surface area contributed by atoms with Gasteiger partial charge in [0.05, 0.1) is 11.3 Å². The van der Waals surface area contributed by atoms with Crippen LogP contribution in [-0.4, -0.2) is 36.4 Å². The molecule has 0 bridgehead atoms. The van der Waals surface area contributed by atoms with Crippen molar-refractivity contribution in [3.8, 4) is 11.3 Å². The highest BCUT2D eigenvalue weighted by Crippen LogP contribution is 2.39. The van der Waals surface area contributed by atoms with Crippen molar-refractivity contribution in [2.75, 3.05) is 17.2 Å². The molecule has 1 unspecified atom stereocenters. The number of nitrogens with zero attached hydrogens (tertiary/aromatic N) is 3. The molecule has 1 aromatic carbocycles. The normalized spacial score (nSPS) is 17.3. The zero-order chi connectivity index (χ0) is 26.4. The van der Waals surface area contributed by atoms with Gasteiger partial charge in [-0.25, -0.2) is 36.3 Å². The number of hydrogen-bond acceptors (Lipinski definition) is 7. The number of halogens is 3. The maximum atomic E-state index is 14.5. The molecule has 2 aromatic heterocycles. The van der Waals surface area contributed by atoms with Crippen LogP contribution in [0, 0.1) is 23.4 Å². The molecule has 1 saturated heterocycles. The Morgan fingerprint density at radius 3 is 2.47 bits per heavy atom. The van der Waals surface area contributed by atoms with Gasteiger partial charge in [-0.05, 0) is 56.5 Å². The van der Waals surface area contributed by atoms with E-state index in [9.17, 15) is 26.4 Å². The van der Waals surface area contributed by atoms with Gasteiger partial charge in [-0.15, -0.1) is 0 Å². The van der Waals surface area contributed by atoms with Crippen molar-refractivity contribution in [1.29, 1.82) is 0 Å². The highest BCUT2D eigenvalue weighted by molar-refractivity contribution is 7.90. The van der Waals surface area contributed by atoms with E-state index in [0.29, 0.717) is 18.7 Å². The van der Waals surface area contributed by atoms with Crippen molar-refractivity contribution >= 4 is 27.6 Å². The molecule has 0 aliphatic carbocycles. The number of sulfonamides is 1. The van der Waals surface area contributed by atoms with Crippen LogP contribution in [-0.2, 0) is 10.0 Å². The number of aromatic nitrogens is 2. The lowest BCUT2D eigenvalue weighted by atomic mass is 9.90. The average molecular weight is 520 g/mol. The van der Waals surface area contributed by atoms with Crippen molar-refractivity contribution in [1.82, 2.24) is 14.7 Å². The summed E-state index contributed by atoms with van der Waals surface area (Å²) in [6, 6.07) is 6.18. The fourth-order valence-corrected chi connectivity index (χ4v) is 5.22. The highest BCUT2D eigenvalue weighted by atomic mass is 32.2.